The summed E-state index contributed by atoms with van der Waals surface area (Å²) in [5, 5.41) is 22.4. The lowest BCUT2D eigenvalue weighted by atomic mass is 10.1. The van der Waals surface area contributed by atoms with Crippen molar-refractivity contribution < 1.29 is 5.21 Å². The summed E-state index contributed by atoms with van der Waals surface area (Å²) < 4.78 is 1.80. The van der Waals surface area contributed by atoms with E-state index in [9.17, 15) is 0 Å². The summed E-state index contributed by atoms with van der Waals surface area (Å²) in [6, 6.07) is 0.252. The van der Waals surface area contributed by atoms with Gasteiger partial charge in [0.1, 0.15) is 5.84 Å². The molecule has 1 heterocycles. The quantitative estimate of drug-likeness (QED) is 0.198. The number of rotatable bonds is 8. The highest BCUT2D eigenvalue weighted by molar-refractivity contribution is 5.80. The van der Waals surface area contributed by atoms with Crippen LogP contribution in [0.5, 0.6) is 0 Å². The van der Waals surface area contributed by atoms with E-state index in [4.69, 9.17) is 10.9 Å². The molecule has 1 atom stereocenters. The van der Waals surface area contributed by atoms with Gasteiger partial charge < -0.3 is 16.3 Å². The minimum absolute atomic E-state index is 0.252. The molecule has 0 amide bonds. The smallest absolute Gasteiger partial charge is 0.140 e. The van der Waals surface area contributed by atoms with E-state index >= 15 is 0 Å². The second-order valence-electron chi connectivity index (χ2n) is 3.87. The van der Waals surface area contributed by atoms with E-state index in [0.29, 0.717) is 6.42 Å². The van der Waals surface area contributed by atoms with Gasteiger partial charge in [-0.25, -0.2) is 0 Å². The Balaban J connectivity index is 2.15. The first-order valence-corrected chi connectivity index (χ1v) is 5.80. The van der Waals surface area contributed by atoms with Gasteiger partial charge in [0, 0.05) is 25.2 Å². The standard InChI is InChI=1S/C10H20N6O/c1-2-9(8-10(11)14-17)12-4-3-6-16-7-5-13-15-16/h5,7,9,12,17H,2-4,6,8H2,1H3,(H2,11,14). The normalized spacial score (nSPS) is 13.8. The topological polar surface area (TPSA) is 101 Å². The zero-order valence-corrected chi connectivity index (χ0v) is 10.1. The number of amidine groups is 1. The average Bonchev–Trinajstić information content (AvgIpc) is 2.85. The van der Waals surface area contributed by atoms with E-state index < -0.39 is 0 Å². The molecule has 4 N–H and O–H groups in total. The van der Waals surface area contributed by atoms with Crippen LogP contribution in [-0.4, -0.2) is 38.6 Å². The van der Waals surface area contributed by atoms with Gasteiger partial charge in [-0.15, -0.1) is 5.10 Å². The predicted octanol–water partition coefficient (Wildman–Crippen LogP) is 0.173. The van der Waals surface area contributed by atoms with Crippen molar-refractivity contribution in [3.05, 3.63) is 12.4 Å². The van der Waals surface area contributed by atoms with E-state index in [-0.39, 0.29) is 11.9 Å². The average molecular weight is 240 g/mol. The summed E-state index contributed by atoms with van der Waals surface area (Å²) in [7, 11) is 0. The van der Waals surface area contributed by atoms with Crippen LogP contribution in [-0.2, 0) is 6.54 Å². The number of hydrogen-bond donors (Lipinski definition) is 3. The Hall–Kier alpha value is -1.63. The molecule has 7 nitrogen and oxygen atoms in total. The molecule has 1 aromatic heterocycles. The van der Waals surface area contributed by atoms with Crippen LogP contribution in [0.4, 0.5) is 0 Å². The predicted molar refractivity (Wildman–Crippen MR) is 64.7 cm³/mol. The first-order chi connectivity index (χ1) is 8.26. The molecule has 0 radical (unpaired) electrons. The van der Waals surface area contributed by atoms with Crippen LogP contribution in [0.1, 0.15) is 26.2 Å². The highest BCUT2D eigenvalue weighted by atomic mass is 16.4. The second kappa shape index (κ2) is 7.61. The molecular formula is C10H20N6O. The van der Waals surface area contributed by atoms with E-state index in [2.05, 4.69) is 27.7 Å². The molecule has 1 rings (SSSR count). The Kier molecular flexibility index (Phi) is 6.02. The fourth-order valence-corrected chi connectivity index (χ4v) is 1.55. The maximum absolute atomic E-state index is 8.49. The van der Waals surface area contributed by atoms with Gasteiger partial charge >= 0.3 is 0 Å². The summed E-state index contributed by atoms with van der Waals surface area (Å²) in [5.41, 5.74) is 5.47. The summed E-state index contributed by atoms with van der Waals surface area (Å²) >= 11 is 0. The Bertz CT molecular complexity index is 324. The highest BCUT2D eigenvalue weighted by Gasteiger charge is 2.07. The SMILES string of the molecule is CCC(C/C(N)=N/O)NCCCn1ccnn1. The van der Waals surface area contributed by atoms with Crippen molar-refractivity contribution >= 4 is 5.84 Å². The van der Waals surface area contributed by atoms with Crippen molar-refractivity contribution in [2.24, 2.45) is 10.9 Å². The Morgan fingerprint density at radius 3 is 3.06 bits per heavy atom. The van der Waals surface area contributed by atoms with Crippen LogP contribution >= 0.6 is 0 Å². The highest BCUT2D eigenvalue weighted by Crippen LogP contribution is 1.98. The summed E-state index contributed by atoms with van der Waals surface area (Å²) in [4.78, 5) is 0. The molecule has 17 heavy (non-hydrogen) atoms. The fraction of sp³-hybridized carbons (Fsp3) is 0.700. The molecule has 0 bridgehead atoms. The third-order valence-electron chi connectivity index (χ3n) is 2.55. The van der Waals surface area contributed by atoms with Gasteiger partial charge in [-0.2, -0.15) is 0 Å². The molecule has 7 heteroatoms. The summed E-state index contributed by atoms with van der Waals surface area (Å²) in [6.45, 7) is 3.78. The van der Waals surface area contributed by atoms with Gasteiger partial charge in [0.15, 0.2) is 0 Å². The third-order valence-corrected chi connectivity index (χ3v) is 2.55. The molecule has 0 aliphatic carbocycles. The monoisotopic (exact) mass is 240 g/mol. The zero-order valence-electron chi connectivity index (χ0n) is 10.1. The Morgan fingerprint density at radius 1 is 1.65 bits per heavy atom. The summed E-state index contributed by atoms with van der Waals surface area (Å²) in [6.07, 6.45) is 5.99. The molecule has 1 aromatic rings. The van der Waals surface area contributed by atoms with Crippen LogP contribution in [0.3, 0.4) is 0 Å². The Labute approximate surface area is 101 Å². The molecule has 0 saturated carbocycles. The maximum Gasteiger partial charge on any atom is 0.140 e. The number of nitrogens with zero attached hydrogens (tertiary/aromatic N) is 4. The number of aryl methyl sites for hydroxylation is 1. The van der Waals surface area contributed by atoms with Crippen LogP contribution in [0.2, 0.25) is 0 Å². The molecule has 0 spiro atoms. The minimum atomic E-state index is 0.252. The van der Waals surface area contributed by atoms with E-state index in [1.165, 1.54) is 0 Å². The maximum atomic E-state index is 8.49. The van der Waals surface area contributed by atoms with Crippen molar-refractivity contribution in [3.8, 4) is 0 Å². The van der Waals surface area contributed by atoms with Gasteiger partial charge in [-0.1, -0.05) is 17.3 Å². The number of nitrogens with one attached hydrogen (secondary N) is 1. The lowest BCUT2D eigenvalue weighted by Gasteiger charge is -2.15. The lowest BCUT2D eigenvalue weighted by molar-refractivity contribution is 0.315. The summed E-state index contributed by atoms with van der Waals surface area (Å²) in [5.74, 6) is 0.264. The molecule has 0 aliphatic heterocycles. The van der Waals surface area contributed by atoms with Gasteiger partial charge in [0.25, 0.3) is 0 Å². The van der Waals surface area contributed by atoms with Crippen LogP contribution in [0.25, 0.3) is 0 Å². The first kappa shape index (κ1) is 13.4. The van der Waals surface area contributed by atoms with Crippen molar-refractivity contribution in [3.63, 3.8) is 0 Å². The first-order valence-electron chi connectivity index (χ1n) is 5.80. The lowest BCUT2D eigenvalue weighted by Crippen LogP contribution is -2.34. The van der Waals surface area contributed by atoms with Crippen molar-refractivity contribution in [2.45, 2.75) is 38.8 Å². The molecular weight excluding hydrogens is 220 g/mol. The van der Waals surface area contributed by atoms with Crippen molar-refractivity contribution in [2.75, 3.05) is 6.54 Å². The van der Waals surface area contributed by atoms with E-state index in [1.807, 2.05) is 6.20 Å². The van der Waals surface area contributed by atoms with Crippen LogP contribution < -0.4 is 11.1 Å². The van der Waals surface area contributed by atoms with Crippen molar-refractivity contribution in [1.29, 1.82) is 0 Å². The fourth-order valence-electron chi connectivity index (χ4n) is 1.55. The van der Waals surface area contributed by atoms with Gasteiger partial charge in [0.2, 0.25) is 0 Å². The minimum Gasteiger partial charge on any atom is -0.409 e. The van der Waals surface area contributed by atoms with E-state index in [1.54, 1.807) is 10.9 Å². The number of aromatic nitrogens is 3. The molecule has 0 aromatic carbocycles. The number of nitrogens with two attached hydrogens (primary N) is 1. The molecule has 0 saturated heterocycles. The van der Waals surface area contributed by atoms with Crippen LogP contribution in [0.15, 0.2) is 17.5 Å². The molecule has 96 valence electrons. The number of oxime groups is 1. The molecule has 0 fully saturated rings. The van der Waals surface area contributed by atoms with Crippen molar-refractivity contribution in [1.82, 2.24) is 20.3 Å². The van der Waals surface area contributed by atoms with Gasteiger partial charge in [-0.3, -0.25) is 4.68 Å². The largest absolute Gasteiger partial charge is 0.409 e. The van der Waals surface area contributed by atoms with Gasteiger partial charge in [-0.05, 0) is 19.4 Å². The molecule has 0 aliphatic rings. The zero-order chi connectivity index (χ0) is 12.5. The van der Waals surface area contributed by atoms with E-state index in [0.717, 1.165) is 25.9 Å². The molecule has 1 unspecified atom stereocenters. The van der Waals surface area contributed by atoms with Crippen LogP contribution in [0, 0.1) is 0 Å². The Morgan fingerprint density at radius 2 is 2.47 bits per heavy atom. The van der Waals surface area contributed by atoms with Gasteiger partial charge in [0.05, 0.1) is 6.20 Å². The number of hydrogen-bond acceptors (Lipinski definition) is 5. The second-order valence-corrected chi connectivity index (χ2v) is 3.87. The third kappa shape index (κ3) is 5.30.